The maximum Gasteiger partial charge on any atom is 0.238 e. The van der Waals surface area contributed by atoms with E-state index in [9.17, 15) is 4.79 Å². The molecule has 0 radical (unpaired) electrons. The van der Waals surface area contributed by atoms with Crippen molar-refractivity contribution in [3.8, 4) is 0 Å². The van der Waals surface area contributed by atoms with E-state index in [4.69, 9.17) is 5.73 Å². The van der Waals surface area contributed by atoms with Crippen LogP contribution in [-0.2, 0) is 11.8 Å². The van der Waals surface area contributed by atoms with Gasteiger partial charge in [0.2, 0.25) is 5.91 Å². The summed E-state index contributed by atoms with van der Waals surface area (Å²) in [6, 6.07) is 0.239. The van der Waals surface area contributed by atoms with E-state index < -0.39 is 5.54 Å². The third-order valence-corrected chi connectivity index (χ3v) is 4.55. The minimum absolute atomic E-state index is 0.236. The van der Waals surface area contributed by atoms with E-state index in [1.807, 2.05) is 19.4 Å². The average Bonchev–Trinajstić information content (AvgIpc) is 3.08. The van der Waals surface area contributed by atoms with Crippen LogP contribution in [-0.4, -0.2) is 33.0 Å². The molecule has 106 valence electrons. The van der Waals surface area contributed by atoms with Crippen molar-refractivity contribution in [1.29, 1.82) is 0 Å². The maximum absolute atomic E-state index is 12.0. The number of nitrogens with two attached hydrogens (primary N) is 1. The molecule has 0 bridgehead atoms. The number of nitrogens with one attached hydrogen (secondary N) is 1. The highest BCUT2D eigenvalue weighted by Crippen LogP contribution is 2.42. The SMILES string of the molecule is CC(C)NC(CSc1cnn(C)c1)(C(N)=O)C1CC1. The summed E-state index contributed by atoms with van der Waals surface area (Å²) < 4.78 is 1.77. The lowest BCUT2D eigenvalue weighted by Crippen LogP contribution is -2.61. The number of aryl methyl sites for hydroxylation is 1. The van der Waals surface area contributed by atoms with E-state index in [2.05, 4.69) is 24.3 Å². The molecule has 1 fully saturated rings. The van der Waals surface area contributed by atoms with Gasteiger partial charge < -0.3 is 11.1 Å². The van der Waals surface area contributed by atoms with Gasteiger partial charge in [-0.2, -0.15) is 5.10 Å². The van der Waals surface area contributed by atoms with Gasteiger partial charge in [-0.1, -0.05) is 0 Å². The number of aromatic nitrogens is 2. The first kappa shape index (κ1) is 14.4. The zero-order valence-electron chi connectivity index (χ0n) is 11.7. The Hall–Kier alpha value is -1.01. The molecule has 1 aromatic rings. The highest BCUT2D eigenvalue weighted by Gasteiger charge is 2.49. The van der Waals surface area contributed by atoms with Gasteiger partial charge in [-0.25, -0.2) is 0 Å². The van der Waals surface area contributed by atoms with E-state index >= 15 is 0 Å². The topological polar surface area (TPSA) is 72.9 Å². The third kappa shape index (κ3) is 3.30. The molecule has 2 rings (SSSR count). The standard InChI is InChI=1S/C13H22N4OS/c1-9(2)16-13(12(14)18,10-4-5-10)8-19-11-6-15-17(3)7-11/h6-7,9-10,16H,4-5,8H2,1-3H3,(H2,14,18). The fourth-order valence-electron chi connectivity index (χ4n) is 2.38. The second-order valence-corrected chi connectivity index (χ2v) is 6.60. The molecule has 1 unspecified atom stereocenters. The molecule has 1 amide bonds. The highest BCUT2D eigenvalue weighted by atomic mass is 32.2. The lowest BCUT2D eigenvalue weighted by molar-refractivity contribution is -0.124. The van der Waals surface area contributed by atoms with Crippen LogP contribution in [0.2, 0.25) is 0 Å². The fraction of sp³-hybridized carbons (Fsp3) is 0.692. The van der Waals surface area contributed by atoms with Crippen molar-refractivity contribution in [2.24, 2.45) is 18.7 Å². The summed E-state index contributed by atoms with van der Waals surface area (Å²) in [7, 11) is 1.89. The van der Waals surface area contributed by atoms with Crippen LogP contribution in [0.5, 0.6) is 0 Å². The van der Waals surface area contributed by atoms with Crippen molar-refractivity contribution in [1.82, 2.24) is 15.1 Å². The highest BCUT2D eigenvalue weighted by molar-refractivity contribution is 7.99. The fourth-order valence-corrected chi connectivity index (χ4v) is 3.59. The number of carbonyl (C=O) groups is 1. The number of carbonyl (C=O) groups excluding carboxylic acids is 1. The third-order valence-electron chi connectivity index (χ3n) is 3.41. The van der Waals surface area contributed by atoms with Crippen LogP contribution < -0.4 is 11.1 Å². The van der Waals surface area contributed by atoms with E-state index in [0.29, 0.717) is 11.7 Å². The predicted molar refractivity (Wildman–Crippen MR) is 76.9 cm³/mol. The summed E-state index contributed by atoms with van der Waals surface area (Å²) in [5.74, 6) is 0.799. The van der Waals surface area contributed by atoms with Crippen LogP contribution in [0.3, 0.4) is 0 Å². The summed E-state index contributed by atoms with van der Waals surface area (Å²) in [6.07, 6.45) is 5.93. The Labute approximate surface area is 118 Å². The van der Waals surface area contributed by atoms with Gasteiger partial charge in [0, 0.05) is 29.9 Å². The van der Waals surface area contributed by atoms with Gasteiger partial charge in [0.05, 0.1) is 6.20 Å². The minimum Gasteiger partial charge on any atom is -0.368 e. The van der Waals surface area contributed by atoms with E-state index in [-0.39, 0.29) is 11.9 Å². The van der Waals surface area contributed by atoms with Gasteiger partial charge in [0.15, 0.2) is 0 Å². The number of nitrogens with zero attached hydrogens (tertiary/aromatic N) is 2. The van der Waals surface area contributed by atoms with Gasteiger partial charge >= 0.3 is 0 Å². The molecule has 1 saturated carbocycles. The normalized spacial score (nSPS) is 18.5. The van der Waals surface area contributed by atoms with Crippen LogP contribution in [0.4, 0.5) is 0 Å². The van der Waals surface area contributed by atoms with Gasteiger partial charge in [0.1, 0.15) is 5.54 Å². The zero-order chi connectivity index (χ0) is 14.0. The molecule has 0 spiro atoms. The first-order chi connectivity index (χ1) is 8.94. The van der Waals surface area contributed by atoms with Crippen molar-refractivity contribution in [3.63, 3.8) is 0 Å². The van der Waals surface area contributed by atoms with E-state index in [0.717, 1.165) is 17.7 Å². The monoisotopic (exact) mass is 282 g/mol. The van der Waals surface area contributed by atoms with E-state index in [1.165, 1.54) is 0 Å². The number of hydrogen-bond donors (Lipinski definition) is 2. The molecule has 1 heterocycles. The second-order valence-electron chi connectivity index (χ2n) is 5.55. The number of hydrogen-bond acceptors (Lipinski definition) is 4. The molecule has 3 N–H and O–H groups in total. The molecule has 1 aliphatic rings. The van der Waals surface area contributed by atoms with E-state index in [1.54, 1.807) is 16.4 Å². The summed E-state index contributed by atoms with van der Waals surface area (Å²) in [5, 5.41) is 7.55. The Morgan fingerprint density at radius 3 is 2.79 bits per heavy atom. The number of primary amides is 1. The molecule has 0 aromatic carbocycles. The molecule has 1 atom stereocenters. The Morgan fingerprint density at radius 1 is 1.68 bits per heavy atom. The van der Waals surface area contributed by atoms with Gasteiger partial charge in [0.25, 0.3) is 0 Å². The summed E-state index contributed by atoms with van der Waals surface area (Å²) in [6.45, 7) is 4.10. The van der Waals surface area contributed by atoms with Crippen molar-refractivity contribution in [2.75, 3.05) is 5.75 Å². The molecule has 1 aliphatic carbocycles. The van der Waals surface area contributed by atoms with Gasteiger partial charge in [-0.3, -0.25) is 9.48 Å². The second kappa shape index (κ2) is 5.54. The molecule has 0 saturated heterocycles. The Morgan fingerprint density at radius 2 is 2.37 bits per heavy atom. The van der Waals surface area contributed by atoms with Crippen molar-refractivity contribution < 1.29 is 4.79 Å². The molecule has 5 nitrogen and oxygen atoms in total. The molecule has 6 heteroatoms. The Kier molecular flexibility index (Phi) is 4.20. The van der Waals surface area contributed by atoms with Crippen LogP contribution in [0, 0.1) is 5.92 Å². The predicted octanol–water partition coefficient (Wildman–Crippen LogP) is 1.14. The van der Waals surface area contributed by atoms with Gasteiger partial charge in [-0.15, -0.1) is 11.8 Å². The lowest BCUT2D eigenvalue weighted by Gasteiger charge is -2.33. The largest absolute Gasteiger partial charge is 0.368 e. The number of rotatable bonds is 7. The van der Waals surface area contributed by atoms with Crippen molar-refractivity contribution >= 4 is 17.7 Å². The minimum atomic E-state index is -0.589. The maximum atomic E-state index is 12.0. The van der Waals surface area contributed by atoms with Crippen LogP contribution >= 0.6 is 11.8 Å². The smallest absolute Gasteiger partial charge is 0.238 e. The molecular weight excluding hydrogens is 260 g/mol. The lowest BCUT2D eigenvalue weighted by atomic mass is 9.93. The molecule has 1 aromatic heterocycles. The summed E-state index contributed by atoms with van der Waals surface area (Å²) in [5.41, 5.74) is 5.11. The van der Waals surface area contributed by atoms with Crippen LogP contribution in [0.15, 0.2) is 17.3 Å². The van der Waals surface area contributed by atoms with Gasteiger partial charge in [-0.05, 0) is 32.6 Å². The summed E-state index contributed by atoms with van der Waals surface area (Å²) >= 11 is 1.64. The zero-order valence-corrected chi connectivity index (χ0v) is 12.5. The first-order valence-electron chi connectivity index (χ1n) is 6.63. The van der Waals surface area contributed by atoms with Crippen molar-refractivity contribution in [2.45, 2.75) is 43.2 Å². The average molecular weight is 282 g/mol. The Balaban J connectivity index is 2.10. The molecule has 19 heavy (non-hydrogen) atoms. The molecule has 0 aliphatic heterocycles. The van der Waals surface area contributed by atoms with Crippen LogP contribution in [0.1, 0.15) is 26.7 Å². The first-order valence-corrected chi connectivity index (χ1v) is 7.61. The summed E-state index contributed by atoms with van der Waals surface area (Å²) in [4.78, 5) is 13.1. The van der Waals surface area contributed by atoms with Crippen LogP contribution in [0.25, 0.3) is 0 Å². The van der Waals surface area contributed by atoms with Crippen molar-refractivity contribution in [3.05, 3.63) is 12.4 Å². The Bertz CT molecular complexity index is 455. The number of amides is 1. The number of thioether (sulfide) groups is 1. The molecular formula is C13H22N4OS. The quantitative estimate of drug-likeness (QED) is 0.736.